The monoisotopic (exact) mass is 1430 g/mol. The molecule has 0 atom stereocenters. The highest BCUT2D eigenvalue weighted by Crippen LogP contribution is 2.26. The molecule has 0 fully saturated rings. The summed E-state index contributed by atoms with van der Waals surface area (Å²) >= 11 is 0. The van der Waals surface area contributed by atoms with Crippen LogP contribution in [0.2, 0.25) is 0 Å². The molecule has 0 unspecified atom stereocenters. The first-order chi connectivity index (χ1) is 50.1. The highest BCUT2D eigenvalue weighted by molar-refractivity contribution is 7.86. The first-order valence-electron chi connectivity index (χ1n) is 33.5. The van der Waals surface area contributed by atoms with Crippen molar-refractivity contribution in [1.82, 2.24) is 29.9 Å². The van der Waals surface area contributed by atoms with Crippen molar-refractivity contribution >= 4 is 10.1 Å². The van der Waals surface area contributed by atoms with Crippen LogP contribution in [0.3, 0.4) is 0 Å². The fourth-order valence-electron chi connectivity index (χ4n) is 8.60. The summed E-state index contributed by atoms with van der Waals surface area (Å²) in [6, 6.07) is 41.2. The molecule has 0 aliphatic carbocycles. The molecule has 102 heavy (non-hydrogen) atoms. The average molecular weight is 1430 g/mol. The third-order valence-electron chi connectivity index (χ3n) is 13.5. The Balaban J connectivity index is 0.000000287. The molecule has 0 radical (unpaired) electrons. The van der Waals surface area contributed by atoms with E-state index in [1.807, 2.05) is 146 Å². The van der Waals surface area contributed by atoms with Crippen molar-refractivity contribution in [1.29, 1.82) is 0 Å². The normalized spacial score (nSPS) is 11.1. The quantitative estimate of drug-likeness (QED) is 0.0211. The van der Waals surface area contributed by atoms with Crippen molar-refractivity contribution in [3.05, 3.63) is 184 Å². The second-order valence-electron chi connectivity index (χ2n) is 21.4. The molecule has 0 aliphatic rings. The van der Waals surface area contributed by atoms with Gasteiger partial charge >= 0.3 is 0 Å². The molecule has 0 bridgehead atoms. The summed E-state index contributed by atoms with van der Waals surface area (Å²) in [6.45, 7) is 17.4. The van der Waals surface area contributed by atoms with Crippen LogP contribution in [0, 0.1) is 0 Å². The van der Waals surface area contributed by atoms with Crippen molar-refractivity contribution in [2.45, 2.75) is 12.8 Å². The molecule has 8 aromatic rings. The third-order valence-corrected chi connectivity index (χ3v) is 14.1. The van der Waals surface area contributed by atoms with E-state index in [1.54, 1.807) is 24.8 Å². The number of hydrogen-bond donors (Lipinski definition) is 1. The highest BCUT2D eigenvalue weighted by atomic mass is 32.2. The Bertz CT molecular complexity index is 3640. The van der Waals surface area contributed by atoms with Crippen LogP contribution in [-0.2, 0) is 52.2 Å². The average Bonchev–Trinajstić information content (AvgIpc) is 0.947. The molecule has 0 spiro atoms. The first kappa shape index (κ1) is 80.1. The number of hydrogen-bond acceptors (Lipinski definition) is 26. The number of benzene rings is 2. The minimum absolute atomic E-state index is 0.0137. The number of aliphatic hydroxyl groups excluding tert-OH is 1. The van der Waals surface area contributed by atoms with Gasteiger partial charge in [0, 0.05) is 0 Å². The van der Waals surface area contributed by atoms with Crippen LogP contribution in [0.25, 0.3) is 45.6 Å². The Morgan fingerprint density at radius 3 is 0.755 bits per heavy atom. The second-order valence-corrected chi connectivity index (χ2v) is 23.0. The van der Waals surface area contributed by atoms with Crippen LogP contribution in [0.4, 0.5) is 0 Å². The van der Waals surface area contributed by atoms with Gasteiger partial charge in [0.25, 0.3) is 10.1 Å². The Hall–Kier alpha value is -9.23. The lowest BCUT2D eigenvalue weighted by Gasteiger charge is -2.10. The molecule has 1 N–H and O–H groups in total. The molecule has 0 aliphatic heterocycles. The summed E-state index contributed by atoms with van der Waals surface area (Å²) in [4.78, 5) is 27.5. The van der Waals surface area contributed by atoms with Gasteiger partial charge in [-0.25, -0.2) is 9.97 Å². The van der Waals surface area contributed by atoms with Gasteiger partial charge in [0.05, 0.1) is 209 Å². The fraction of sp³-hybridized carbons (Fsp3) is 0.387. The van der Waals surface area contributed by atoms with E-state index >= 15 is 0 Å². The predicted molar refractivity (Wildman–Crippen MR) is 382 cm³/mol. The lowest BCUT2D eigenvalue weighted by molar-refractivity contribution is 0.0247. The van der Waals surface area contributed by atoms with E-state index in [-0.39, 0.29) is 19.8 Å². The molecule has 0 saturated carbocycles. The Morgan fingerprint density at radius 1 is 0.294 bits per heavy atom. The third kappa shape index (κ3) is 34.0. The summed E-state index contributed by atoms with van der Waals surface area (Å²) in [5.41, 5.74) is 5.93. The first-order valence-corrected chi connectivity index (χ1v) is 35.3. The van der Waals surface area contributed by atoms with E-state index in [0.717, 1.165) is 76.1 Å². The summed E-state index contributed by atoms with van der Waals surface area (Å²) in [7, 11) is -3.44. The molecular weight excluding hydrogens is 1340 g/mol. The van der Waals surface area contributed by atoms with E-state index in [2.05, 4.69) is 37.3 Å². The lowest BCUT2D eigenvalue weighted by atomic mass is 10.2. The van der Waals surface area contributed by atoms with E-state index in [0.29, 0.717) is 186 Å². The zero-order valence-corrected chi connectivity index (χ0v) is 58.5. The molecule has 0 amide bonds. The standard InChI is InChI=1S/C38H47N3O11S.C37H45N3O9/c1-3-4-16-48-33-12-14-35(39-29-33)37-6-5-7-38(41-37)36-15-13-34(30-40-36)51-27-23-46-18-17-44-21-25-49-31-8-10-32(11-9-31)50-26-22-45-19-20-47-24-28-52-53(2,42)43;1-2-3-16-46-32-11-13-34(38-28-32)36-5-4-6-37(40-36)35-14-12-33(29-39-35)49-27-24-45-21-20-44-23-26-48-31-9-7-30(8-10-31)47-25-22-43-19-18-42-17-15-41/h3,5-15,29-30H,1,4,16-28H2,2H3;2,4-14,28-29,41H,1,3,15-27H2. The number of ether oxygens (including phenoxy) is 16. The number of aliphatic hydroxyl groups is 1. The minimum Gasteiger partial charge on any atom is -0.492 e. The van der Waals surface area contributed by atoms with Crippen LogP contribution in [0.5, 0.6) is 46.0 Å². The van der Waals surface area contributed by atoms with E-state index in [4.69, 9.17) is 90.9 Å². The summed E-state index contributed by atoms with van der Waals surface area (Å²) in [5, 5.41) is 8.65. The maximum Gasteiger partial charge on any atom is 0.264 e. The van der Waals surface area contributed by atoms with E-state index in [9.17, 15) is 8.42 Å². The predicted octanol–water partition coefficient (Wildman–Crippen LogP) is 10.1. The van der Waals surface area contributed by atoms with Crippen LogP contribution >= 0.6 is 0 Å². The minimum atomic E-state index is -3.44. The molecule has 0 saturated heterocycles. The topological polar surface area (TPSA) is 289 Å². The molecule has 6 heterocycles. The zero-order valence-electron chi connectivity index (χ0n) is 57.7. The molecular formula is C75H92N6O20S. The smallest absolute Gasteiger partial charge is 0.264 e. The van der Waals surface area contributed by atoms with Crippen LogP contribution in [0.15, 0.2) is 184 Å². The van der Waals surface area contributed by atoms with Gasteiger partial charge in [0.15, 0.2) is 0 Å². The van der Waals surface area contributed by atoms with Gasteiger partial charge in [0.1, 0.15) is 85.6 Å². The molecule has 8 rings (SSSR count). The van der Waals surface area contributed by atoms with Gasteiger partial charge in [0.2, 0.25) is 0 Å². The fourth-order valence-corrected chi connectivity index (χ4v) is 8.97. The number of rotatable bonds is 54. The van der Waals surface area contributed by atoms with Gasteiger partial charge in [-0.15, -0.1) is 13.2 Å². The zero-order chi connectivity index (χ0) is 71.6. The van der Waals surface area contributed by atoms with Gasteiger partial charge in [-0.05, 0) is 134 Å². The Kier molecular flexibility index (Phi) is 38.8. The number of aromatic nitrogens is 6. The van der Waals surface area contributed by atoms with Crippen molar-refractivity contribution in [2.24, 2.45) is 0 Å². The highest BCUT2D eigenvalue weighted by Gasteiger charge is 2.11. The van der Waals surface area contributed by atoms with Crippen molar-refractivity contribution in [3.8, 4) is 91.5 Å². The van der Waals surface area contributed by atoms with E-state index < -0.39 is 10.1 Å². The molecule has 6 aromatic heterocycles. The molecule has 27 heteroatoms. The van der Waals surface area contributed by atoms with Gasteiger partial charge < -0.3 is 80.9 Å². The van der Waals surface area contributed by atoms with Gasteiger partial charge in [-0.2, -0.15) is 8.42 Å². The van der Waals surface area contributed by atoms with Crippen LogP contribution in [-0.4, -0.2) is 221 Å². The maximum atomic E-state index is 10.9. The molecule has 548 valence electrons. The number of pyridine rings is 6. The van der Waals surface area contributed by atoms with Crippen LogP contribution in [0.1, 0.15) is 12.8 Å². The molecule has 2 aromatic carbocycles. The van der Waals surface area contributed by atoms with Crippen molar-refractivity contribution in [3.63, 3.8) is 0 Å². The molecule has 26 nitrogen and oxygen atoms in total. The Morgan fingerprint density at radius 2 is 0.520 bits per heavy atom. The van der Waals surface area contributed by atoms with Crippen molar-refractivity contribution < 1.29 is 93.5 Å². The Labute approximate surface area is 596 Å². The summed E-state index contributed by atoms with van der Waals surface area (Å²) in [6.07, 6.45) is 12.9. The summed E-state index contributed by atoms with van der Waals surface area (Å²) in [5.74, 6) is 5.58. The van der Waals surface area contributed by atoms with Crippen molar-refractivity contribution in [2.75, 3.05) is 178 Å². The summed E-state index contributed by atoms with van der Waals surface area (Å²) < 4.78 is 115. The number of nitrogens with zero attached hydrogens (tertiary/aromatic N) is 6. The van der Waals surface area contributed by atoms with Gasteiger partial charge in [-0.3, -0.25) is 24.1 Å². The maximum absolute atomic E-state index is 10.9. The van der Waals surface area contributed by atoms with E-state index in [1.165, 1.54) is 0 Å². The second kappa shape index (κ2) is 49.4. The SMILES string of the molecule is C=CCCOc1ccc(-c2cccc(-c3ccc(OCCOCCOCCOc4ccc(OCCOCCOCCO)cc4)cn3)n2)nc1.C=CCCOc1ccc(-c2cccc(-c3ccc(OCCOCCOCCOc4ccc(OCCOCCOCCOS(C)(=O)=O)cc4)cn3)n2)nc1. The van der Waals surface area contributed by atoms with Crippen LogP contribution < -0.4 is 37.9 Å². The lowest BCUT2D eigenvalue weighted by Crippen LogP contribution is -2.14. The van der Waals surface area contributed by atoms with Gasteiger partial charge in [-0.1, -0.05) is 24.3 Å². The largest absolute Gasteiger partial charge is 0.492 e.